The Morgan fingerprint density at radius 2 is 1.66 bits per heavy atom. The highest BCUT2D eigenvalue weighted by molar-refractivity contribution is 6.30. The number of likely N-dealkylation sites (tertiary alicyclic amines) is 1. The third kappa shape index (κ3) is 4.57. The Morgan fingerprint density at radius 3 is 2.41 bits per heavy atom. The summed E-state index contributed by atoms with van der Waals surface area (Å²) in [6.45, 7) is 4.61. The van der Waals surface area contributed by atoms with Crippen LogP contribution in [0.5, 0.6) is 17.2 Å². The maximum atomic E-state index is 9.94. The molecular formula is C27H28ClNO3. The predicted molar refractivity (Wildman–Crippen MR) is 127 cm³/mol. The van der Waals surface area contributed by atoms with Gasteiger partial charge in [-0.25, -0.2) is 0 Å². The van der Waals surface area contributed by atoms with Gasteiger partial charge in [0.25, 0.3) is 0 Å². The molecule has 4 nitrogen and oxygen atoms in total. The second-order valence-electron chi connectivity index (χ2n) is 8.64. The van der Waals surface area contributed by atoms with E-state index in [0.717, 1.165) is 28.6 Å². The summed E-state index contributed by atoms with van der Waals surface area (Å²) in [5.41, 5.74) is 3.47. The summed E-state index contributed by atoms with van der Waals surface area (Å²) in [4.78, 5) is 2.46. The highest BCUT2D eigenvalue weighted by atomic mass is 35.5. The largest absolute Gasteiger partial charge is 0.508 e. The molecule has 2 aliphatic rings. The Balaban J connectivity index is 1.39. The van der Waals surface area contributed by atoms with Crippen molar-refractivity contribution < 1.29 is 14.6 Å². The first-order valence-corrected chi connectivity index (χ1v) is 11.7. The van der Waals surface area contributed by atoms with E-state index < -0.39 is 0 Å². The lowest BCUT2D eigenvalue weighted by Crippen LogP contribution is -2.25. The van der Waals surface area contributed by atoms with Crippen LogP contribution in [0.15, 0.2) is 66.7 Å². The molecule has 0 bridgehead atoms. The summed E-state index contributed by atoms with van der Waals surface area (Å²) in [7, 11) is 0. The fourth-order valence-electron chi connectivity index (χ4n) is 4.88. The van der Waals surface area contributed by atoms with E-state index in [-0.39, 0.29) is 17.6 Å². The van der Waals surface area contributed by atoms with E-state index in [1.54, 1.807) is 12.1 Å². The molecule has 166 valence electrons. The summed E-state index contributed by atoms with van der Waals surface area (Å²) in [6.07, 6.45) is 2.60. The van der Waals surface area contributed by atoms with E-state index in [9.17, 15) is 5.11 Å². The minimum atomic E-state index is 0.110. The number of phenolic OH excluding ortho intramolecular Hbond substituents is 1. The van der Waals surface area contributed by atoms with Crippen LogP contribution in [0.3, 0.4) is 0 Å². The molecule has 0 aliphatic carbocycles. The van der Waals surface area contributed by atoms with E-state index in [2.05, 4.69) is 41.3 Å². The van der Waals surface area contributed by atoms with Crippen LogP contribution in [0.2, 0.25) is 5.02 Å². The van der Waals surface area contributed by atoms with E-state index >= 15 is 0 Å². The Kier molecular flexibility index (Phi) is 6.24. The number of ether oxygens (including phenoxy) is 2. The van der Waals surface area contributed by atoms with Crippen LogP contribution >= 0.6 is 11.6 Å². The number of nitrogens with zero attached hydrogens (tertiary/aromatic N) is 1. The number of phenols is 1. The number of halogens is 1. The molecule has 0 amide bonds. The maximum Gasteiger partial charge on any atom is 0.126 e. The molecule has 0 saturated carbocycles. The molecule has 5 heteroatoms. The predicted octanol–water partition coefficient (Wildman–Crippen LogP) is 5.83. The van der Waals surface area contributed by atoms with E-state index in [4.69, 9.17) is 21.1 Å². The second-order valence-corrected chi connectivity index (χ2v) is 9.07. The number of fused-ring (bicyclic) bond motifs is 1. The summed E-state index contributed by atoms with van der Waals surface area (Å²) < 4.78 is 12.1. The maximum absolute atomic E-state index is 9.94. The molecule has 1 N–H and O–H groups in total. The van der Waals surface area contributed by atoms with Crippen LogP contribution in [0.4, 0.5) is 0 Å². The molecule has 1 saturated heterocycles. The van der Waals surface area contributed by atoms with E-state index in [1.165, 1.54) is 37.1 Å². The molecular weight excluding hydrogens is 422 g/mol. The van der Waals surface area contributed by atoms with Crippen LogP contribution in [0.25, 0.3) is 0 Å². The Labute approximate surface area is 194 Å². The smallest absolute Gasteiger partial charge is 0.126 e. The van der Waals surface area contributed by atoms with Gasteiger partial charge in [0.2, 0.25) is 0 Å². The minimum Gasteiger partial charge on any atom is -0.508 e. The highest BCUT2D eigenvalue weighted by Gasteiger charge is 2.33. The third-order valence-electron chi connectivity index (χ3n) is 6.57. The van der Waals surface area contributed by atoms with Crippen LogP contribution in [0, 0.1) is 0 Å². The molecule has 1 fully saturated rings. The lowest BCUT2D eigenvalue weighted by atomic mass is 9.76. The normalized spacial score (nSPS) is 20.5. The van der Waals surface area contributed by atoms with Crippen molar-refractivity contribution >= 4 is 11.6 Å². The molecule has 0 aromatic heterocycles. The van der Waals surface area contributed by atoms with Crippen molar-refractivity contribution in [1.29, 1.82) is 0 Å². The summed E-state index contributed by atoms with van der Waals surface area (Å²) in [5, 5.41) is 10.7. The van der Waals surface area contributed by atoms with Gasteiger partial charge >= 0.3 is 0 Å². The summed E-state index contributed by atoms with van der Waals surface area (Å²) in [6, 6.07) is 21.8. The molecule has 2 atom stereocenters. The van der Waals surface area contributed by atoms with Crippen molar-refractivity contribution in [2.75, 3.05) is 32.8 Å². The van der Waals surface area contributed by atoms with Gasteiger partial charge in [-0.05, 0) is 67.4 Å². The van der Waals surface area contributed by atoms with Crippen molar-refractivity contribution in [3.63, 3.8) is 0 Å². The van der Waals surface area contributed by atoms with E-state index in [0.29, 0.717) is 13.2 Å². The highest BCUT2D eigenvalue weighted by Crippen LogP contribution is 2.47. The topological polar surface area (TPSA) is 41.9 Å². The van der Waals surface area contributed by atoms with Crippen LogP contribution in [0.1, 0.15) is 41.4 Å². The molecule has 0 unspecified atom stereocenters. The van der Waals surface area contributed by atoms with Gasteiger partial charge in [-0.3, -0.25) is 4.90 Å². The first-order valence-electron chi connectivity index (χ1n) is 11.3. The Morgan fingerprint density at radius 1 is 0.938 bits per heavy atom. The summed E-state index contributed by atoms with van der Waals surface area (Å²) >= 11 is 6.13. The lowest BCUT2D eigenvalue weighted by Gasteiger charge is -2.34. The quantitative estimate of drug-likeness (QED) is 0.514. The molecule has 0 radical (unpaired) electrons. The van der Waals surface area contributed by atoms with Crippen molar-refractivity contribution in [3.05, 3.63) is 88.4 Å². The number of benzene rings is 3. The molecule has 2 aliphatic heterocycles. The number of rotatable bonds is 6. The Hall–Kier alpha value is -2.69. The minimum absolute atomic E-state index is 0.110. The third-order valence-corrected chi connectivity index (χ3v) is 6.82. The van der Waals surface area contributed by atoms with Crippen molar-refractivity contribution in [3.8, 4) is 17.2 Å². The monoisotopic (exact) mass is 449 g/mol. The van der Waals surface area contributed by atoms with E-state index in [1.807, 2.05) is 18.2 Å². The van der Waals surface area contributed by atoms with Crippen molar-refractivity contribution in [1.82, 2.24) is 4.90 Å². The SMILES string of the molecule is Oc1ccc2c(c1)OC[C@H](c1ccc(Cl)cc1)[C@H]2c1ccc(OCCN2CCCC2)cc1. The zero-order chi connectivity index (χ0) is 21.9. The number of hydrogen-bond donors (Lipinski definition) is 1. The summed E-state index contributed by atoms with van der Waals surface area (Å²) in [5.74, 6) is 2.11. The molecule has 2 heterocycles. The number of aromatic hydroxyl groups is 1. The standard InChI is InChI=1S/C27H28ClNO3/c28-21-7-3-19(4-8-21)25-18-32-26-17-22(30)9-12-24(26)27(25)20-5-10-23(11-6-20)31-16-15-29-13-1-2-14-29/h3-12,17,25,27,30H,1-2,13-16,18H2/t25-,27+/m1/s1. The molecule has 3 aromatic carbocycles. The molecule has 3 aromatic rings. The first-order chi connectivity index (χ1) is 15.7. The zero-order valence-corrected chi connectivity index (χ0v) is 18.8. The van der Waals surface area contributed by atoms with Crippen molar-refractivity contribution in [2.24, 2.45) is 0 Å². The average molecular weight is 450 g/mol. The molecule has 0 spiro atoms. The van der Waals surface area contributed by atoms with Crippen molar-refractivity contribution in [2.45, 2.75) is 24.7 Å². The van der Waals surface area contributed by atoms with Gasteiger partial charge in [-0.2, -0.15) is 0 Å². The van der Waals surface area contributed by atoms with Crippen LogP contribution < -0.4 is 9.47 Å². The zero-order valence-electron chi connectivity index (χ0n) is 18.0. The van der Waals surface area contributed by atoms with Gasteiger partial charge in [0.05, 0.1) is 6.61 Å². The van der Waals surface area contributed by atoms with Gasteiger partial charge < -0.3 is 14.6 Å². The average Bonchev–Trinajstić information content (AvgIpc) is 3.33. The Bertz CT molecular complexity index is 1050. The fourth-order valence-corrected chi connectivity index (χ4v) is 5.00. The molecule has 32 heavy (non-hydrogen) atoms. The molecule has 5 rings (SSSR count). The lowest BCUT2D eigenvalue weighted by molar-refractivity contribution is 0.237. The fraction of sp³-hybridized carbons (Fsp3) is 0.333. The van der Waals surface area contributed by atoms with Gasteiger partial charge in [-0.1, -0.05) is 41.9 Å². The van der Waals surface area contributed by atoms with Gasteiger partial charge in [0.15, 0.2) is 0 Å². The van der Waals surface area contributed by atoms with Gasteiger partial charge in [0, 0.05) is 35.0 Å². The van der Waals surface area contributed by atoms with Crippen LogP contribution in [-0.2, 0) is 0 Å². The van der Waals surface area contributed by atoms with Crippen LogP contribution in [-0.4, -0.2) is 42.9 Å². The first kappa shape index (κ1) is 21.2. The number of hydrogen-bond acceptors (Lipinski definition) is 4. The second kappa shape index (κ2) is 9.43. The van der Waals surface area contributed by atoms with Gasteiger partial charge in [0.1, 0.15) is 23.9 Å². The van der Waals surface area contributed by atoms with Gasteiger partial charge in [-0.15, -0.1) is 0 Å².